The number of aryl methyl sites for hydroxylation is 1. The molecule has 0 N–H and O–H groups in total. The summed E-state index contributed by atoms with van der Waals surface area (Å²) < 4.78 is 5.43. The fourth-order valence-electron chi connectivity index (χ4n) is 4.17. The van der Waals surface area contributed by atoms with E-state index in [0.717, 1.165) is 35.4 Å². The molecule has 2 aliphatic rings. The Morgan fingerprint density at radius 2 is 1.75 bits per heavy atom. The molecule has 1 aliphatic heterocycles. The second-order valence-electron chi connectivity index (χ2n) is 7.37. The first-order valence-corrected chi connectivity index (χ1v) is 9.96. The van der Waals surface area contributed by atoms with Gasteiger partial charge in [-0.3, -0.25) is 4.79 Å². The third kappa shape index (κ3) is 3.07. The summed E-state index contributed by atoms with van der Waals surface area (Å²) in [6.07, 6.45) is 3.54. The van der Waals surface area contributed by atoms with Crippen molar-refractivity contribution in [1.29, 1.82) is 0 Å². The van der Waals surface area contributed by atoms with Crippen LogP contribution in [0.3, 0.4) is 0 Å². The average Bonchev–Trinajstić information content (AvgIpc) is 2.89. The number of thiocarbonyl (C=S) groups is 1. The quantitative estimate of drug-likeness (QED) is 0.683. The van der Waals surface area contributed by atoms with Gasteiger partial charge in [0.1, 0.15) is 11.3 Å². The third-order valence-corrected chi connectivity index (χ3v) is 5.85. The Labute approximate surface area is 169 Å². The molecule has 1 aliphatic carbocycles. The molecule has 2 fully saturated rings. The Kier molecular flexibility index (Phi) is 4.89. The van der Waals surface area contributed by atoms with Crippen LogP contribution in [0.5, 0.6) is 5.75 Å². The zero-order valence-electron chi connectivity index (χ0n) is 15.8. The van der Waals surface area contributed by atoms with Gasteiger partial charge in [0, 0.05) is 5.69 Å². The maximum atomic E-state index is 13.5. The van der Waals surface area contributed by atoms with E-state index in [1.54, 1.807) is 24.3 Å². The number of hydrogen-bond acceptors (Lipinski definition) is 4. The highest BCUT2D eigenvalue weighted by molar-refractivity contribution is 7.80. The molecular formula is C22H22N2O3S. The summed E-state index contributed by atoms with van der Waals surface area (Å²) in [5.74, 6) is 0.106. The van der Waals surface area contributed by atoms with Crippen molar-refractivity contribution >= 4 is 35.0 Å². The van der Waals surface area contributed by atoms with E-state index in [9.17, 15) is 9.59 Å². The van der Waals surface area contributed by atoms with Crippen LogP contribution in [0.15, 0.2) is 54.6 Å². The van der Waals surface area contributed by atoms with Crippen molar-refractivity contribution in [2.45, 2.75) is 44.6 Å². The fourth-order valence-corrected chi connectivity index (χ4v) is 4.61. The molecule has 0 unspecified atom stereocenters. The van der Waals surface area contributed by atoms with Crippen molar-refractivity contribution in [2.75, 3.05) is 4.90 Å². The van der Waals surface area contributed by atoms with Gasteiger partial charge in [0.05, 0.1) is 0 Å². The second kappa shape index (κ2) is 7.36. The summed E-state index contributed by atoms with van der Waals surface area (Å²) in [4.78, 5) is 29.3. The van der Waals surface area contributed by atoms with Crippen molar-refractivity contribution in [2.24, 2.45) is 0 Å². The van der Waals surface area contributed by atoms with Gasteiger partial charge in [-0.25, -0.2) is 4.79 Å². The molecule has 0 aromatic heterocycles. The SMILES string of the molecule is Cc1cccc(N2C(=S)N(C(=O)Oc3ccccc3)C(=O)C23CCCCC3)c1. The van der Waals surface area contributed by atoms with Crippen molar-refractivity contribution in [3.8, 4) is 5.75 Å². The van der Waals surface area contributed by atoms with Gasteiger partial charge in [0.25, 0.3) is 5.91 Å². The van der Waals surface area contributed by atoms with E-state index in [2.05, 4.69) is 0 Å². The van der Waals surface area contributed by atoms with Gasteiger partial charge in [-0.2, -0.15) is 4.90 Å². The molecule has 1 heterocycles. The van der Waals surface area contributed by atoms with E-state index in [0.29, 0.717) is 18.6 Å². The summed E-state index contributed by atoms with van der Waals surface area (Å²) in [6, 6.07) is 16.6. The highest BCUT2D eigenvalue weighted by Gasteiger charge is 2.58. The number of hydrogen-bond donors (Lipinski definition) is 0. The van der Waals surface area contributed by atoms with Crippen LogP contribution in [-0.4, -0.2) is 27.6 Å². The monoisotopic (exact) mass is 394 g/mol. The minimum absolute atomic E-state index is 0.193. The molecule has 1 spiro atoms. The lowest BCUT2D eigenvalue weighted by atomic mass is 9.80. The van der Waals surface area contributed by atoms with Gasteiger partial charge in [-0.1, -0.05) is 49.6 Å². The second-order valence-corrected chi connectivity index (χ2v) is 7.74. The Balaban J connectivity index is 1.72. The summed E-state index contributed by atoms with van der Waals surface area (Å²) >= 11 is 5.64. The number of rotatable bonds is 2. The first kappa shape index (κ1) is 18.6. The number of nitrogens with zero attached hydrogens (tertiary/aromatic N) is 2. The number of imide groups is 1. The van der Waals surface area contributed by atoms with Crippen molar-refractivity contribution in [3.05, 3.63) is 60.2 Å². The van der Waals surface area contributed by atoms with E-state index in [4.69, 9.17) is 17.0 Å². The topological polar surface area (TPSA) is 49.9 Å². The number of para-hydroxylation sites is 1. The number of benzene rings is 2. The molecule has 144 valence electrons. The van der Waals surface area contributed by atoms with Crippen molar-refractivity contribution < 1.29 is 14.3 Å². The molecular weight excluding hydrogens is 372 g/mol. The van der Waals surface area contributed by atoms with E-state index >= 15 is 0 Å². The molecule has 28 heavy (non-hydrogen) atoms. The third-order valence-electron chi connectivity index (χ3n) is 5.48. The van der Waals surface area contributed by atoms with Gasteiger partial charge in [0.15, 0.2) is 5.11 Å². The Bertz CT molecular complexity index is 922. The molecule has 2 amide bonds. The lowest BCUT2D eigenvalue weighted by Gasteiger charge is -2.39. The Morgan fingerprint density at radius 1 is 1.04 bits per heavy atom. The predicted octanol–water partition coefficient (Wildman–Crippen LogP) is 4.83. The minimum atomic E-state index is -0.807. The maximum Gasteiger partial charge on any atom is 0.428 e. The standard InChI is InChI=1S/C22H22N2O3S/c1-16-9-8-10-17(15-16)24-20(28)23(19(25)22(24)13-6-3-7-14-22)21(26)27-18-11-4-2-5-12-18/h2,4-5,8-12,15H,3,6-7,13-14H2,1H3. The first-order chi connectivity index (χ1) is 13.5. The molecule has 0 radical (unpaired) electrons. The predicted molar refractivity (Wildman–Crippen MR) is 111 cm³/mol. The number of amides is 2. The lowest BCUT2D eigenvalue weighted by molar-refractivity contribution is -0.130. The number of carbonyl (C=O) groups is 2. The summed E-state index contributed by atoms with van der Waals surface area (Å²) in [5.41, 5.74) is 1.11. The lowest BCUT2D eigenvalue weighted by Crippen LogP contribution is -2.51. The molecule has 0 bridgehead atoms. The van der Waals surface area contributed by atoms with Crippen LogP contribution in [0.1, 0.15) is 37.7 Å². The molecule has 2 aromatic rings. The van der Waals surface area contributed by atoms with Crippen LogP contribution in [0.4, 0.5) is 10.5 Å². The van der Waals surface area contributed by atoms with Gasteiger partial charge in [-0.15, -0.1) is 0 Å². The van der Waals surface area contributed by atoms with E-state index in [-0.39, 0.29) is 11.0 Å². The molecule has 1 saturated carbocycles. The number of ether oxygens (including phenoxy) is 1. The van der Waals surface area contributed by atoms with Crippen LogP contribution < -0.4 is 9.64 Å². The summed E-state index contributed by atoms with van der Waals surface area (Å²) in [7, 11) is 0. The molecule has 6 heteroatoms. The summed E-state index contributed by atoms with van der Waals surface area (Å²) in [5, 5.41) is 0.193. The zero-order valence-corrected chi connectivity index (χ0v) is 16.6. The van der Waals surface area contributed by atoms with Gasteiger partial charge in [-0.05, 0) is 61.8 Å². The summed E-state index contributed by atoms with van der Waals surface area (Å²) in [6.45, 7) is 2.00. The Hall–Kier alpha value is -2.73. The van der Waals surface area contributed by atoms with Crippen LogP contribution >= 0.6 is 12.2 Å². The number of carbonyl (C=O) groups excluding carboxylic acids is 2. The van der Waals surface area contributed by atoms with Gasteiger partial charge in [0.2, 0.25) is 0 Å². The van der Waals surface area contributed by atoms with E-state index in [1.807, 2.05) is 42.2 Å². The average molecular weight is 394 g/mol. The minimum Gasteiger partial charge on any atom is -0.410 e. The van der Waals surface area contributed by atoms with Gasteiger partial charge < -0.3 is 9.64 Å². The van der Waals surface area contributed by atoms with Crippen LogP contribution in [0.25, 0.3) is 0 Å². The van der Waals surface area contributed by atoms with Crippen LogP contribution in [-0.2, 0) is 4.79 Å². The van der Waals surface area contributed by atoms with Crippen molar-refractivity contribution in [1.82, 2.24) is 4.90 Å². The smallest absolute Gasteiger partial charge is 0.410 e. The highest BCUT2D eigenvalue weighted by Crippen LogP contribution is 2.43. The molecule has 4 rings (SSSR count). The van der Waals surface area contributed by atoms with Gasteiger partial charge >= 0.3 is 6.09 Å². The first-order valence-electron chi connectivity index (χ1n) is 9.55. The molecule has 0 atom stereocenters. The normalized spacial score (nSPS) is 18.6. The molecule has 1 saturated heterocycles. The largest absolute Gasteiger partial charge is 0.428 e. The highest BCUT2D eigenvalue weighted by atomic mass is 32.1. The molecule has 2 aromatic carbocycles. The van der Waals surface area contributed by atoms with E-state index < -0.39 is 11.6 Å². The van der Waals surface area contributed by atoms with Crippen molar-refractivity contribution in [3.63, 3.8) is 0 Å². The fraction of sp³-hybridized carbons (Fsp3) is 0.318. The maximum absolute atomic E-state index is 13.5. The van der Waals surface area contributed by atoms with E-state index in [1.165, 1.54) is 0 Å². The number of anilines is 1. The molecule has 5 nitrogen and oxygen atoms in total. The zero-order chi connectivity index (χ0) is 19.7. The Morgan fingerprint density at radius 3 is 2.43 bits per heavy atom. The van der Waals surface area contributed by atoms with Crippen LogP contribution in [0.2, 0.25) is 0 Å². The van der Waals surface area contributed by atoms with Crippen LogP contribution in [0, 0.1) is 6.92 Å².